The summed E-state index contributed by atoms with van der Waals surface area (Å²) in [6.45, 7) is 0.414. The third kappa shape index (κ3) is 3.03. The van der Waals surface area contributed by atoms with E-state index in [4.69, 9.17) is 26.8 Å². The predicted octanol–water partition coefficient (Wildman–Crippen LogP) is 1.21. The van der Waals surface area contributed by atoms with Crippen LogP contribution in [0.4, 0.5) is 5.82 Å². The molecule has 4 heterocycles. The second-order valence-corrected chi connectivity index (χ2v) is 8.72. The van der Waals surface area contributed by atoms with Crippen molar-refractivity contribution in [3.8, 4) is 0 Å². The summed E-state index contributed by atoms with van der Waals surface area (Å²) in [6.07, 6.45) is -1.32. The average Bonchev–Trinajstić information content (AvgIpc) is 3.36. The summed E-state index contributed by atoms with van der Waals surface area (Å²) in [4.78, 5) is 24.8. The van der Waals surface area contributed by atoms with Crippen LogP contribution in [0, 0.1) is 3.57 Å². The summed E-state index contributed by atoms with van der Waals surface area (Å²) < 4.78 is 14.1. The van der Waals surface area contributed by atoms with E-state index in [1.54, 1.807) is 4.57 Å². The fourth-order valence-corrected chi connectivity index (χ4v) is 4.58. The number of aliphatic hydroxyl groups is 1. The monoisotopic (exact) mass is 542 g/mol. The first kappa shape index (κ1) is 19.9. The van der Waals surface area contributed by atoms with Gasteiger partial charge in [0.15, 0.2) is 28.8 Å². The topological polar surface area (TPSA) is 137 Å². The Morgan fingerprint density at radius 2 is 2.30 bits per heavy atom. The second kappa shape index (κ2) is 7.27. The lowest BCUT2D eigenvalue weighted by Gasteiger charge is -2.28. The van der Waals surface area contributed by atoms with Crippen molar-refractivity contribution in [1.82, 2.24) is 19.5 Å². The highest BCUT2D eigenvalue weighted by atomic mass is 127. The first-order valence-electron chi connectivity index (χ1n) is 9.05. The molecule has 0 spiro atoms. The van der Waals surface area contributed by atoms with Gasteiger partial charge in [-0.1, -0.05) is 12.1 Å². The lowest BCUT2D eigenvalue weighted by atomic mass is 9.99. The molecule has 0 radical (unpaired) electrons. The molecule has 30 heavy (non-hydrogen) atoms. The quantitative estimate of drug-likeness (QED) is 0.323. The maximum absolute atomic E-state index is 11.9. The van der Waals surface area contributed by atoms with Crippen LogP contribution >= 0.6 is 34.2 Å². The molecule has 12 heteroatoms. The van der Waals surface area contributed by atoms with Gasteiger partial charge < -0.3 is 25.6 Å². The van der Waals surface area contributed by atoms with Crippen molar-refractivity contribution in [2.24, 2.45) is 5.73 Å². The molecule has 3 unspecified atom stereocenters. The smallest absolute Gasteiger partial charge is 0.255 e. The number of carbonyl (C=O) groups is 1. The standard InChI is InChI=1S/C18H16ClIN6O4/c19-17-24-13(22-5-8-2-1-3-9(20)4-8)10-14(25-17)26(7-23-10)15-11-12(27)18(30-15,6-29-11)16(21)28/h1-4,7,11-12,15,27H,5-6H2,(H2,21,28)(H,22,24,25)/t11?,12?,15-,18?/m1/s1. The van der Waals surface area contributed by atoms with E-state index in [-0.39, 0.29) is 11.9 Å². The number of nitrogens with zero attached hydrogens (tertiary/aromatic N) is 4. The van der Waals surface area contributed by atoms with Crippen LogP contribution in [0.5, 0.6) is 0 Å². The maximum Gasteiger partial charge on any atom is 0.255 e. The molecule has 0 aliphatic carbocycles. The molecule has 2 aliphatic heterocycles. The van der Waals surface area contributed by atoms with Crippen molar-refractivity contribution in [2.45, 2.75) is 30.6 Å². The van der Waals surface area contributed by atoms with Gasteiger partial charge in [0.2, 0.25) is 5.28 Å². The molecule has 3 aromatic rings. The minimum atomic E-state index is -1.59. The number of aromatic nitrogens is 4. The third-order valence-corrected chi connectivity index (χ3v) is 6.17. The number of benzene rings is 1. The summed E-state index contributed by atoms with van der Waals surface area (Å²) >= 11 is 8.40. The Bertz CT molecular complexity index is 1160. The van der Waals surface area contributed by atoms with Gasteiger partial charge in [0.1, 0.15) is 12.2 Å². The summed E-state index contributed by atoms with van der Waals surface area (Å²) in [5, 5.41) is 13.7. The van der Waals surface area contributed by atoms with Crippen molar-refractivity contribution < 1.29 is 19.4 Å². The fourth-order valence-electron chi connectivity index (χ4n) is 3.81. The van der Waals surface area contributed by atoms with E-state index >= 15 is 0 Å². The molecule has 10 nitrogen and oxygen atoms in total. The molecule has 4 N–H and O–H groups in total. The molecule has 2 saturated heterocycles. The van der Waals surface area contributed by atoms with Gasteiger partial charge >= 0.3 is 0 Å². The zero-order valence-corrected chi connectivity index (χ0v) is 18.2. The molecule has 2 bridgehead atoms. The largest absolute Gasteiger partial charge is 0.387 e. The highest BCUT2D eigenvalue weighted by molar-refractivity contribution is 14.1. The highest BCUT2D eigenvalue weighted by Crippen LogP contribution is 2.45. The molecule has 2 fully saturated rings. The Morgan fingerprint density at radius 3 is 3.03 bits per heavy atom. The van der Waals surface area contributed by atoms with Crippen LogP contribution < -0.4 is 11.1 Å². The summed E-state index contributed by atoms with van der Waals surface area (Å²) in [7, 11) is 0. The van der Waals surface area contributed by atoms with Crippen molar-refractivity contribution in [3.05, 3.63) is 45.0 Å². The van der Waals surface area contributed by atoms with E-state index in [2.05, 4.69) is 48.9 Å². The van der Waals surface area contributed by atoms with E-state index < -0.39 is 29.9 Å². The van der Waals surface area contributed by atoms with Crippen LogP contribution in [-0.4, -0.2) is 54.9 Å². The summed E-state index contributed by atoms with van der Waals surface area (Å²) in [6, 6.07) is 8.04. The Labute approximate surface area is 188 Å². The fraction of sp³-hybridized carbons (Fsp3) is 0.333. The normalized spacial score (nSPS) is 27.6. The van der Waals surface area contributed by atoms with Gasteiger partial charge in [-0.2, -0.15) is 9.97 Å². The van der Waals surface area contributed by atoms with Crippen molar-refractivity contribution in [2.75, 3.05) is 11.9 Å². The molecule has 4 atom stereocenters. The molecule has 1 aromatic carbocycles. The van der Waals surface area contributed by atoms with E-state index in [9.17, 15) is 9.90 Å². The van der Waals surface area contributed by atoms with E-state index in [1.807, 2.05) is 18.2 Å². The molecule has 2 aromatic heterocycles. The van der Waals surface area contributed by atoms with E-state index in [1.165, 1.54) is 6.33 Å². The van der Waals surface area contributed by atoms with Crippen LogP contribution in [0.25, 0.3) is 11.2 Å². The number of primary amides is 1. The number of anilines is 1. The van der Waals surface area contributed by atoms with Gasteiger partial charge in [-0.3, -0.25) is 9.36 Å². The highest BCUT2D eigenvalue weighted by Gasteiger charge is 2.65. The number of carbonyl (C=O) groups excluding carboxylic acids is 1. The van der Waals surface area contributed by atoms with Crippen LogP contribution in [0.15, 0.2) is 30.6 Å². The number of rotatable bonds is 5. The number of halogens is 2. The van der Waals surface area contributed by atoms with Crippen LogP contribution in [0.1, 0.15) is 11.8 Å². The Kier molecular flexibility index (Phi) is 4.82. The number of nitrogens with two attached hydrogens (primary N) is 1. The number of fused-ring (bicyclic) bond motifs is 3. The first-order chi connectivity index (χ1) is 14.4. The van der Waals surface area contributed by atoms with Crippen LogP contribution in [0.2, 0.25) is 5.28 Å². The summed E-state index contributed by atoms with van der Waals surface area (Å²) in [5.74, 6) is -0.325. The maximum atomic E-state index is 11.9. The first-order valence-corrected chi connectivity index (χ1v) is 10.5. The minimum absolute atomic E-state index is 0.0172. The number of hydrogen-bond acceptors (Lipinski definition) is 8. The van der Waals surface area contributed by atoms with E-state index in [0.717, 1.165) is 9.13 Å². The zero-order chi connectivity index (χ0) is 21.0. The van der Waals surface area contributed by atoms with Gasteiger partial charge in [0.05, 0.1) is 12.9 Å². The van der Waals surface area contributed by atoms with Crippen molar-refractivity contribution in [3.63, 3.8) is 0 Å². The lowest BCUT2D eigenvalue weighted by molar-refractivity contribution is -0.182. The molecular formula is C18H16ClIN6O4. The lowest BCUT2D eigenvalue weighted by Crippen LogP contribution is -2.52. The number of ether oxygens (including phenoxy) is 2. The van der Waals surface area contributed by atoms with Gasteiger partial charge in [0, 0.05) is 10.1 Å². The van der Waals surface area contributed by atoms with Gasteiger partial charge in [-0.25, -0.2) is 4.98 Å². The number of amides is 1. The van der Waals surface area contributed by atoms with Gasteiger partial charge in [0.25, 0.3) is 5.91 Å². The van der Waals surface area contributed by atoms with Gasteiger partial charge in [-0.15, -0.1) is 0 Å². The van der Waals surface area contributed by atoms with Crippen molar-refractivity contribution >= 4 is 57.1 Å². The van der Waals surface area contributed by atoms with Crippen LogP contribution in [0.3, 0.4) is 0 Å². The minimum Gasteiger partial charge on any atom is -0.387 e. The molecule has 2 aliphatic rings. The zero-order valence-electron chi connectivity index (χ0n) is 15.3. The number of aliphatic hydroxyl groups excluding tert-OH is 1. The number of imidazole rings is 1. The molecule has 0 saturated carbocycles. The average molecular weight is 543 g/mol. The van der Waals surface area contributed by atoms with Crippen molar-refractivity contribution in [1.29, 1.82) is 0 Å². The third-order valence-electron chi connectivity index (χ3n) is 5.33. The van der Waals surface area contributed by atoms with Crippen LogP contribution in [-0.2, 0) is 20.8 Å². The van der Waals surface area contributed by atoms with E-state index in [0.29, 0.717) is 23.5 Å². The molecule has 156 valence electrons. The SMILES string of the molecule is NC(=O)C12COC(C1O)[C@H](n1cnc3c(NCc4cccc(I)c4)nc(Cl)nc31)O2. The van der Waals surface area contributed by atoms with Gasteiger partial charge in [-0.05, 0) is 51.9 Å². The molecular weight excluding hydrogens is 527 g/mol. The number of nitrogens with one attached hydrogen (secondary N) is 1. The summed E-state index contributed by atoms with van der Waals surface area (Å²) in [5.41, 5.74) is 5.79. The Hall–Kier alpha value is -2.06. The Balaban J connectivity index is 1.48. The number of hydrogen-bond donors (Lipinski definition) is 3. The second-order valence-electron chi connectivity index (χ2n) is 7.13. The Morgan fingerprint density at radius 1 is 1.47 bits per heavy atom. The molecule has 5 rings (SSSR count). The predicted molar refractivity (Wildman–Crippen MR) is 115 cm³/mol. The molecule has 1 amide bonds.